The summed E-state index contributed by atoms with van der Waals surface area (Å²) in [7, 11) is 0. The molecule has 0 bridgehead atoms. The maximum Gasteiger partial charge on any atom is 0.313 e. The molecule has 2 rings (SSSR count). The second-order valence-corrected chi connectivity index (χ2v) is 7.93. The molecule has 1 atom stereocenters. The zero-order valence-corrected chi connectivity index (χ0v) is 18.8. The van der Waals surface area contributed by atoms with E-state index >= 15 is 0 Å². The normalized spacial score (nSPS) is 12.5. The lowest BCUT2D eigenvalue weighted by Crippen LogP contribution is -2.16. The molecular weight excluding hydrogens is 394 g/mol. The van der Waals surface area contributed by atoms with Crippen molar-refractivity contribution in [1.82, 2.24) is 15.0 Å². The van der Waals surface area contributed by atoms with Crippen LogP contribution in [0.3, 0.4) is 0 Å². The van der Waals surface area contributed by atoms with Crippen LogP contribution >= 0.6 is 0 Å². The molecular formula is C24H31N3O4. The van der Waals surface area contributed by atoms with E-state index in [1.54, 1.807) is 31.5 Å². The van der Waals surface area contributed by atoms with Crippen LogP contribution in [0, 0.1) is 0 Å². The maximum absolute atomic E-state index is 12.0. The van der Waals surface area contributed by atoms with Crippen LogP contribution in [0.4, 0.5) is 0 Å². The number of pyridine rings is 1. The van der Waals surface area contributed by atoms with Gasteiger partial charge in [0.05, 0.1) is 24.1 Å². The van der Waals surface area contributed by atoms with Crippen molar-refractivity contribution in [2.45, 2.75) is 65.4 Å². The van der Waals surface area contributed by atoms with Gasteiger partial charge in [0.25, 0.3) is 0 Å². The number of aliphatic hydroxyl groups excluding tert-OH is 1. The van der Waals surface area contributed by atoms with E-state index in [0.717, 1.165) is 28.3 Å². The zero-order chi connectivity index (χ0) is 23.0. The SMILES string of the molecule is CCOC(=O)CC(=O)CC(O)C=Cc1c(-c2ccncc2)nc(C(C)C)nc1C(C)C. The number of carbonyl (C=O) groups is 2. The van der Waals surface area contributed by atoms with Crippen molar-refractivity contribution in [3.63, 3.8) is 0 Å². The van der Waals surface area contributed by atoms with Crippen LogP contribution in [0.25, 0.3) is 17.3 Å². The molecule has 7 heteroatoms. The summed E-state index contributed by atoms with van der Waals surface area (Å²) in [6.45, 7) is 10.1. The Kier molecular flexibility index (Phi) is 9.00. The highest BCUT2D eigenvalue weighted by atomic mass is 16.5. The molecule has 0 saturated carbocycles. The number of hydrogen-bond donors (Lipinski definition) is 1. The lowest BCUT2D eigenvalue weighted by Gasteiger charge is -2.17. The zero-order valence-electron chi connectivity index (χ0n) is 18.8. The van der Waals surface area contributed by atoms with Gasteiger partial charge >= 0.3 is 5.97 Å². The van der Waals surface area contributed by atoms with Gasteiger partial charge in [-0.1, -0.05) is 39.8 Å². The van der Waals surface area contributed by atoms with E-state index in [0.29, 0.717) is 0 Å². The van der Waals surface area contributed by atoms with Gasteiger partial charge < -0.3 is 9.84 Å². The van der Waals surface area contributed by atoms with Gasteiger partial charge in [-0.05, 0) is 25.0 Å². The number of ether oxygens (including phenoxy) is 1. The van der Waals surface area contributed by atoms with Crippen molar-refractivity contribution in [2.24, 2.45) is 0 Å². The summed E-state index contributed by atoms with van der Waals surface area (Å²) < 4.78 is 4.78. The number of esters is 1. The third-order valence-corrected chi connectivity index (χ3v) is 4.58. The van der Waals surface area contributed by atoms with Crippen LogP contribution in [-0.4, -0.2) is 44.5 Å². The quantitative estimate of drug-likeness (QED) is 0.452. The van der Waals surface area contributed by atoms with Crippen LogP contribution in [-0.2, 0) is 14.3 Å². The highest BCUT2D eigenvalue weighted by Crippen LogP contribution is 2.30. The number of ketones is 1. The van der Waals surface area contributed by atoms with Gasteiger partial charge in [0, 0.05) is 35.9 Å². The monoisotopic (exact) mass is 425 g/mol. The molecule has 2 aromatic heterocycles. The fourth-order valence-electron chi connectivity index (χ4n) is 3.05. The molecule has 0 aliphatic rings. The first kappa shape index (κ1) is 24.3. The Morgan fingerprint density at radius 2 is 1.77 bits per heavy atom. The van der Waals surface area contributed by atoms with Crippen molar-refractivity contribution in [1.29, 1.82) is 0 Å². The van der Waals surface area contributed by atoms with Gasteiger partial charge in [-0.2, -0.15) is 0 Å². The lowest BCUT2D eigenvalue weighted by atomic mass is 9.97. The summed E-state index contributed by atoms with van der Waals surface area (Å²) in [5, 5.41) is 10.3. The largest absolute Gasteiger partial charge is 0.466 e. The van der Waals surface area contributed by atoms with E-state index < -0.39 is 12.1 Å². The molecule has 0 saturated heterocycles. The van der Waals surface area contributed by atoms with Crippen molar-refractivity contribution >= 4 is 17.8 Å². The minimum Gasteiger partial charge on any atom is -0.466 e. The molecule has 0 radical (unpaired) electrons. The van der Waals surface area contributed by atoms with E-state index in [-0.39, 0.29) is 37.1 Å². The second kappa shape index (κ2) is 11.5. The number of aliphatic hydroxyl groups is 1. The van der Waals surface area contributed by atoms with Gasteiger partial charge in [0.1, 0.15) is 18.0 Å². The summed E-state index contributed by atoms with van der Waals surface area (Å²) in [6.07, 6.45) is 5.18. The van der Waals surface area contributed by atoms with E-state index in [1.165, 1.54) is 0 Å². The molecule has 2 aromatic rings. The van der Waals surface area contributed by atoms with E-state index in [1.807, 2.05) is 26.0 Å². The molecule has 0 fully saturated rings. The molecule has 0 aromatic carbocycles. The van der Waals surface area contributed by atoms with Gasteiger partial charge in [0.15, 0.2) is 0 Å². The van der Waals surface area contributed by atoms with Crippen LogP contribution in [0.1, 0.15) is 76.4 Å². The van der Waals surface area contributed by atoms with Gasteiger partial charge in [-0.25, -0.2) is 9.97 Å². The fraction of sp³-hybridized carbons (Fsp3) is 0.458. The van der Waals surface area contributed by atoms with Crippen molar-refractivity contribution < 1.29 is 19.4 Å². The highest BCUT2D eigenvalue weighted by Gasteiger charge is 2.19. The number of carbonyl (C=O) groups excluding carboxylic acids is 2. The average molecular weight is 426 g/mol. The highest BCUT2D eigenvalue weighted by molar-refractivity contribution is 5.95. The second-order valence-electron chi connectivity index (χ2n) is 7.93. The van der Waals surface area contributed by atoms with E-state index in [4.69, 9.17) is 14.7 Å². The Morgan fingerprint density at radius 1 is 1.10 bits per heavy atom. The molecule has 0 aliphatic carbocycles. The number of Topliss-reactive ketones (excluding diaryl/α,β-unsaturated/α-hetero) is 1. The molecule has 0 aliphatic heterocycles. The third kappa shape index (κ3) is 7.07. The van der Waals surface area contributed by atoms with E-state index in [9.17, 15) is 14.7 Å². The number of rotatable bonds is 10. The first-order chi connectivity index (χ1) is 14.7. The Labute approximate surface area is 183 Å². The standard InChI is InChI=1S/C24H31N3O4/c1-6-31-21(30)14-19(29)13-18(28)7-8-20-22(15(2)3)26-24(16(4)5)27-23(20)17-9-11-25-12-10-17/h7-12,15-16,18,28H,6,13-14H2,1-5H3. The van der Waals surface area contributed by atoms with Crippen molar-refractivity contribution in [3.8, 4) is 11.3 Å². The van der Waals surface area contributed by atoms with Crippen molar-refractivity contribution in [3.05, 3.63) is 47.7 Å². The van der Waals surface area contributed by atoms with Crippen LogP contribution < -0.4 is 0 Å². The molecule has 1 unspecified atom stereocenters. The summed E-state index contributed by atoms with van der Waals surface area (Å²) in [6, 6.07) is 3.76. The average Bonchev–Trinajstić information content (AvgIpc) is 2.72. The fourth-order valence-corrected chi connectivity index (χ4v) is 3.05. The number of nitrogens with zero attached hydrogens (tertiary/aromatic N) is 3. The Bertz CT molecular complexity index is 924. The summed E-state index contributed by atoms with van der Waals surface area (Å²) in [5.41, 5.74) is 3.31. The minimum absolute atomic E-state index is 0.128. The molecule has 2 heterocycles. The Hall–Kier alpha value is -2.93. The van der Waals surface area contributed by atoms with E-state index in [2.05, 4.69) is 18.8 Å². The first-order valence-corrected chi connectivity index (χ1v) is 10.6. The van der Waals surface area contributed by atoms with Crippen LogP contribution in [0.2, 0.25) is 0 Å². The third-order valence-electron chi connectivity index (χ3n) is 4.58. The predicted octanol–water partition coefficient (Wildman–Crippen LogP) is 4.07. The van der Waals surface area contributed by atoms with Gasteiger partial charge in [-0.15, -0.1) is 0 Å². The smallest absolute Gasteiger partial charge is 0.313 e. The molecule has 1 N–H and O–H groups in total. The molecule has 166 valence electrons. The Morgan fingerprint density at radius 3 is 2.35 bits per heavy atom. The van der Waals surface area contributed by atoms with Gasteiger partial charge in [0.2, 0.25) is 0 Å². The lowest BCUT2D eigenvalue weighted by molar-refractivity contribution is -0.145. The molecule has 31 heavy (non-hydrogen) atoms. The molecule has 7 nitrogen and oxygen atoms in total. The van der Waals surface area contributed by atoms with Crippen LogP contribution in [0.15, 0.2) is 30.6 Å². The maximum atomic E-state index is 12.0. The molecule has 0 amide bonds. The summed E-state index contributed by atoms with van der Waals surface area (Å²) >= 11 is 0. The minimum atomic E-state index is -1.03. The predicted molar refractivity (Wildman–Crippen MR) is 119 cm³/mol. The Balaban J connectivity index is 2.37. The first-order valence-electron chi connectivity index (χ1n) is 10.6. The van der Waals surface area contributed by atoms with Gasteiger partial charge in [-0.3, -0.25) is 14.6 Å². The number of hydrogen-bond acceptors (Lipinski definition) is 7. The molecule has 0 spiro atoms. The summed E-state index contributed by atoms with van der Waals surface area (Å²) in [4.78, 5) is 37.1. The summed E-state index contributed by atoms with van der Waals surface area (Å²) in [5.74, 6) is 0.0761. The van der Waals surface area contributed by atoms with Crippen LogP contribution in [0.5, 0.6) is 0 Å². The topological polar surface area (TPSA) is 102 Å². The number of aromatic nitrogens is 3. The van der Waals surface area contributed by atoms with Crippen molar-refractivity contribution in [2.75, 3.05) is 6.61 Å².